The molecular formula is C13H17Cl2NO. The lowest BCUT2D eigenvalue weighted by Crippen LogP contribution is -2.23. The molecule has 1 aromatic carbocycles. The minimum atomic E-state index is -0.175. The highest BCUT2D eigenvalue weighted by molar-refractivity contribution is 6.35. The highest BCUT2D eigenvalue weighted by Crippen LogP contribution is 2.40. The summed E-state index contributed by atoms with van der Waals surface area (Å²) < 4.78 is 0. The van der Waals surface area contributed by atoms with E-state index in [9.17, 15) is 5.11 Å². The molecule has 1 aliphatic rings. The maximum Gasteiger partial charge on any atom is 0.139 e. The third kappa shape index (κ3) is 2.87. The lowest BCUT2D eigenvalue weighted by atomic mass is 9.81. The van der Waals surface area contributed by atoms with Crippen LogP contribution in [-0.2, 0) is 0 Å². The van der Waals surface area contributed by atoms with Gasteiger partial charge in [0.15, 0.2) is 0 Å². The van der Waals surface area contributed by atoms with Crippen molar-refractivity contribution in [3.05, 3.63) is 27.7 Å². The first-order valence-corrected chi connectivity index (χ1v) is 6.78. The van der Waals surface area contributed by atoms with E-state index in [0.717, 1.165) is 12.8 Å². The molecule has 0 radical (unpaired) electrons. The van der Waals surface area contributed by atoms with Crippen LogP contribution in [0.5, 0.6) is 5.75 Å². The van der Waals surface area contributed by atoms with Gasteiger partial charge in [0.1, 0.15) is 5.75 Å². The van der Waals surface area contributed by atoms with Crippen molar-refractivity contribution in [3.8, 4) is 5.75 Å². The summed E-state index contributed by atoms with van der Waals surface area (Å²) in [6, 6.07) is 3.09. The Morgan fingerprint density at radius 2 is 1.82 bits per heavy atom. The van der Waals surface area contributed by atoms with Gasteiger partial charge in [0, 0.05) is 16.6 Å². The molecule has 0 saturated heterocycles. The molecule has 1 aliphatic carbocycles. The van der Waals surface area contributed by atoms with Crippen LogP contribution in [-0.4, -0.2) is 5.11 Å². The molecule has 0 amide bonds. The smallest absolute Gasteiger partial charge is 0.139 e. The molecule has 0 heterocycles. The standard InChI is InChI=1S/C13H17Cl2NO/c14-9-6-10(13(17)11(15)7-9)12(16)8-4-2-1-3-5-8/h6-8,12,17H,1-5,16H2/t12-/m0/s1. The zero-order valence-electron chi connectivity index (χ0n) is 9.63. The second kappa shape index (κ2) is 5.47. The fourth-order valence-electron chi connectivity index (χ4n) is 2.59. The van der Waals surface area contributed by atoms with Crippen LogP contribution in [0.25, 0.3) is 0 Å². The van der Waals surface area contributed by atoms with Crippen molar-refractivity contribution in [3.63, 3.8) is 0 Å². The van der Waals surface area contributed by atoms with Crippen molar-refractivity contribution in [1.82, 2.24) is 0 Å². The van der Waals surface area contributed by atoms with Gasteiger partial charge in [-0.15, -0.1) is 0 Å². The van der Waals surface area contributed by atoms with E-state index in [1.165, 1.54) is 25.3 Å². The molecule has 94 valence electrons. The Balaban J connectivity index is 2.26. The number of phenolic OH excluding ortho intramolecular Hbond substituents is 1. The van der Waals surface area contributed by atoms with E-state index in [1.807, 2.05) is 0 Å². The van der Waals surface area contributed by atoms with Crippen LogP contribution >= 0.6 is 23.2 Å². The summed E-state index contributed by atoms with van der Waals surface area (Å²) in [6.07, 6.45) is 5.95. The number of hydrogen-bond donors (Lipinski definition) is 2. The molecule has 3 N–H and O–H groups in total. The molecule has 0 aromatic heterocycles. The van der Waals surface area contributed by atoms with E-state index in [1.54, 1.807) is 6.07 Å². The Hall–Kier alpha value is -0.440. The maximum atomic E-state index is 9.95. The van der Waals surface area contributed by atoms with Crippen LogP contribution in [0, 0.1) is 5.92 Å². The molecule has 0 aliphatic heterocycles. The number of benzene rings is 1. The monoisotopic (exact) mass is 273 g/mol. The number of halogens is 2. The molecule has 2 nitrogen and oxygen atoms in total. The molecular weight excluding hydrogens is 257 g/mol. The van der Waals surface area contributed by atoms with Crippen LogP contribution in [0.1, 0.15) is 43.7 Å². The van der Waals surface area contributed by atoms with Crippen LogP contribution in [0.15, 0.2) is 12.1 Å². The Morgan fingerprint density at radius 3 is 2.47 bits per heavy atom. The van der Waals surface area contributed by atoms with E-state index in [0.29, 0.717) is 16.5 Å². The van der Waals surface area contributed by atoms with Crippen LogP contribution in [0.3, 0.4) is 0 Å². The third-order valence-electron chi connectivity index (χ3n) is 3.57. The zero-order chi connectivity index (χ0) is 12.4. The average molecular weight is 274 g/mol. The SMILES string of the molecule is N[C@H](c1cc(Cl)cc(Cl)c1O)C1CCCCC1. The van der Waals surface area contributed by atoms with Gasteiger partial charge >= 0.3 is 0 Å². The zero-order valence-corrected chi connectivity index (χ0v) is 11.1. The lowest BCUT2D eigenvalue weighted by molar-refractivity contribution is 0.303. The van der Waals surface area contributed by atoms with Gasteiger partial charge < -0.3 is 10.8 Å². The van der Waals surface area contributed by atoms with E-state index >= 15 is 0 Å². The minimum absolute atomic E-state index is 0.0779. The largest absolute Gasteiger partial charge is 0.506 e. The lowest BCUT2D eigenvalue weighted by Gasteiger charge is -2.28. The van der Waals surface area contributed by atoms with Crippen molar-refractivity contribution in [2.24, 2.45) is 11.7 Å². The van der Waals surface area contributed by atoms with Gasteiger partial charge in [0.05, 0.1) is 5.02 Å². The second-order valence-electron chi connectivity index (χ2n) is 4.75. The summed E-state index contributed by atoms with van der Waals surface area (Å²) >= 11 is 11.9. The molecule has 1 aromatic rings. The fraction of sp³-hybridized carbons (Fsp3) is 0.538. The summed E-state index contributed by atoms with van der Waals surface area (Å²) in [4.78, 5) is 0. The van der Waals surface area contributed by atoms with Gasteiger partial charge in [-0.05, 0) is 30.9 Å². The summed E-state index contributed by atoms with van der Waals surface area (Å²) in [7, 11) is 0. The average Bonchev–Trinajstić information content (AvgIpc) is 2.34. The van der Waals surface area contributed by atoms with Crippen molar-refractivity contribution in [2.75, 3.05) is 0 Å². The van der Waals surface area contributed by atoms with Gasteiger partial charge in [-0.25, -0.2) is 0 Å². The molecule has 4 heteroatoms. The molecule has 1 fully saturated rings. The van der Waals surface area contributed by atoms with Gasteiger partial charge in [-0.3, -0.25) is 0 Å². The van der Waals surface area contributed by atoms with Gasteiger partial charge in [0.25, 0.3) is 0 Å². The number of nitrogens with two attached hydrogens (primary N) is 1. The highest BCUT2D eigenvalue weighted by atomic mass is 35.5. The Labute approximate surface area is 112 Å². The summed E-state index contributed by atoms with van der Waals surface area (Å²) in [5.41, 5.74) is 6.91. The quantitative estimate of drug-likeness (QED) is 0.845. The first kappa shape index (κ1) is 13.0. The Kier molecular flexibility index (Phi) is 4.18. The molecule has 0 unspecified atom stereocenters. The normalized spacial score (nSPS) is 19.2. The predicted molar refractivity (Wildman–Crippen MR) is 71.6 cm³/mol. The summed E-state index contributed by atoms with van der Waals surface area (Å²) in [6.45, 7) is 0. The number of phenols is 1. The fourth-order valence-corrected chi connectivity index (χ4v) is 3.10. The minimum Gasteiger partial charge on any atom is -0.506 e. The third-order valence-corrected chi connectivity index (χ3v) is 4.08. The second-order valence-corrected chi connectivity index (χ2v) is 5.59. The first-order valence-electron chi connectivity index (χ1n) is 6.03. The van der Waals surface area contributed by atoms with E-state index in [4.69, 9.17) is 28.9 Å². The highest BCUT2D eigenvalue weighted by Gasteiger charge is 2.25. The van der Waals surface area contributed by atoms with Crippen LogP contribution in [0.4, 0.5) is 0 Å². The van der Waals surface area contributed by atoms with E-state index in [2.05, 4.69) is 0 Å². The van der Waals surface area contributed by atoms with Gasteiger partial charge in [-0.2, -0.15) is 0 Å². The molecule has 0 bridgehead atoms. The first-order chi connectivity index (χ1) is 8.09. The van der Waals surface area contributed by atoms with Crippen molar-refractivity contribution >= 4 is 23.2 Å². The number of aromatic hydroxyl groups is 1. The summed E-state index contributed by atoms with van der Waals surface area (Å²) in [5, 5.41) is 10.8. The number of rotatable bonds is 2. The Morgan fingerprint density at radius 1 is 1.18 bits per heavy atom. The Bertz CT molecular complexity index is 403. The molecule has 1 saturated carbocycles. The van der Waals surface area contributed by atoms with Crippen molar-refractivity contribution < 1.29 is 5.11 Å². The van der Waals surface area contributed by atoms with Crippen LogP contribution < -0.4 is 5.73 Å². The summed E-state index contributed by atoms with van der Waals surface area (Å²) in [5.74, 6) is 0.498. The predicted octanol–water partition coefficient (Wildman–Crippen LogP) is 4.28. The maximum absolute atomic E-state index is 9.95. The van der Waals surface area contributed by atoms with Crippen LogP contribution in [0.2, 0.25) is 10.0 Å². The molecule has 2 rings (SSSR count). The van der Waals surface area contributed by atoms with Crippen molar-refractivity contribution in [1.29, 1.82) is 0 Å². The number of hydrogen-bond acceptors (Lipinski definition) is 2. The molecule has 17 heavy (non-hydrogen) atoms. The van der Waals surface area contributed by atoms with Crippen molar-refractivity contribution in [2.45, 2.75) is 38.1 Å². The molecule has 0 spiro atoms. The van der Waals surface area contributed by atoms with E-state index < -0.39 is 0 Å². The van der Waals surface area contributed by atoms with Gasteiger partial charge in [-0.1, -0.05) is 42.5 Å². The topological polar surface area (TPSA) is 46.2 Å². The van der Waals surface area contributed by atoms with Gasteiger partial charge in [0.2, 0.25) is 0 Å². The molecule has 1 atom stereocenters. The van der Waals surface area contributed by atoms with E-state index in [-0.39, 0.29) is 16.8 Å².